The molecule has 0 aliphatic carbocycles. The number of benzene rings is 1. The molecule has 1 aromatic carbocycles. The monoisotopic (exact) mass is 391 g/mol. The maximum Gasteiger partial charge on any atom is 0.192 e. The summed E-state index contributed by atoms with van der Waals surface area (Å²) in [6.07, 6.45) is 0. The van der Waals surface area contributed by atoms with Gasteiger partial charge in [0.1, 0.15) is 18.4 Å². The van der Waals surface area contributed by atoms with E-state index in [4.69, 9.17) is 10.5 Å². The summed E-state index contributed by atoms with van der Waals surface area (Å²) >= 11 is 1.97. The number of halogens is 1. The first-order chi connectivity index (χ1) is 8.84. The fourth-order valence-corrected chi connectivity index (χ4v) is 3.19. The van der Waals surface area contributed by atoms with Gasteiger partial charge in [0.05, 0.1) is 0 Å². The molecule has 1 fully saturated rings. The standard InChI is InChI=1S/C13H17N3OS.HI/c14-13(16-5-7-18-8-6-16)15-11-9-17-12-4-2-1-3-10(11)12;/h1-4,11H,5-9H2,(H2,14,15);1H. The molecule has 2 N–H and O–H groups in total. The van der Waals surface area contributed by atoms with E-state index in [2.05, 4.69) is 16.0 Å². The Hall–Kier alpha value is -0.630. The molecule has 0 spiro atoms. The number of rotatable bonds is 1. The minimum Gasteiger partial charge on any atom is -0.491 e. The molecular formula is C13H18IN3OS. The van der Waals surface area contributed by atoms with Crippen molar-refractivity contribution in [3.63, 3.8) is 0 Å². The fourth-order valence-electron chi connectivity index (χ4n) is 2.29. The predicted molar refractivity (Wildman–Crippen MR) is 90.6 cm³/mol. The Labute approximate surface area is 134 Å². The highest BCUT2D eigenvalue weighted by molar-refractivity contribution is 14.0. The molecule has 1 unspecified atom stereocenters. The Morgan fingerprint density at radius 2 is 2.05 bits per heavy atom. The lowest BCUT2D eigenvalue weighted by atomic mass is 10.1. The Morgan fingerprint density at radius 1 is 1.32 bits per heavy atom. The van der Waals surface area contributed by atoms with Crippen LogP contribution in [-0.4, -0.2) is 42.1 Å². The van der Waals surface area contributed by atoms with E-state index in [1.807, 2.05) is 30.0 Å². The molecule has 2 aliphatic rings. The largest absolute Gasteiger partial charge is 0.491 e. The van der Waals surface area contributed by atoms with Crippen molar-refractivity contribution in [1.29, 1.82) is 0 Å². The lowest BCUT2D eigenvalue weighted by molar-refractivity contribution is 0.332. The highest BCUT2D eigenvalue weighted by atomic mass is 127. The van der Waals surface area contributed by atoms with E-state index >= 15 is 0 Å². The predicted octanol–water partition coefficient (Wildman–Crippen LogP) is 2.10. The normalized spacial score (nSPS) is 22.4. The number of hydrogen-bond acceptors (Lipinski definition) is 3. The van der Waals surface area contributed by atoms with Crippen LogP contribution < -0.4 is 10.5 Å². The van der Waals surface area contributed by atoms with E-state index in [1.54, 1.807) is 0 Å². The number of para-hydroxylation sites is 1. The number of nitrogens with zero attached hydrogens (tertiary/aromatic N) is 2. The minimum atomic E-state index is 0. The molecule has 1 atom stereocenters. The molecule has 0 bridgehead atoms. The van der Waals surface area contributed by atoms with Crippen molar-refractivity contribution in [2.24, 2.45) is 10.7 Å². The first kappa shape index (κ1) is 14.8. The van der Waals surface area contributed by atoms with Crippen molar-refractivity contribution < 1.29 is 4.74 Å². The molecular weight excluding hydrogens is 373 g/mol. The van der Waals surface area contributed by atoms with Crippen LogP contribution in [0.15, 0.2) is 29.3 Å². The van der Waals surface area contributed by atoms with Crippen LogP contribution in [0, 0.1) is 0 Å². The Bertz CT molecular complexity index is 463. The van der Waals surface area contributed by atoms with E-state index in [-0.39, 0.29) is 30.0 Å². The van der Waals surface area contributed by atoms with E-state index < -0.39 is 0 Å². The number of thioether (sulfide) groups is 1. The lowest BCUT2D eigenvalue weighted by Gasteiger charge is -2.27. The average Bonchev–Trinajstić information content (AvgIpc) is 2.83. The van der Waals surface area contributed by atoms with E-state index in [1.165, 1.54) is 0 Å². The first-order valence-corrected chi connectivity index (χ1v) is 7.38. The molecule has 0 amide bonds. The minimum absolute atomic E-state index is 0. The molecule has 19 heavy (non-hydrogen) atoms. The summed E-state index contributed by atoms with van der Waals surface area (Å²) in [6.45, 7) is 2.59. The molecule has 1 saturated heterocycles. The molecule has 104 valence electrons. The number of fused-ring (bicyclic) bond motifs is 1. The van der Waals surface area contributed by atoms with E-state index in [0.29, 0.717) is 12.6 Å². The molecule has 0 saturated carbocycles. The maximum atomic E-state index is 6.10. The van der Waals surface area contributed by atoms with Crippen LogP contribution in [0.25, 0.3) is 0 Å². The molecule has 1 aromatic rings. The van der Waals surface area contributed by atoms with Gasteiger partial charge >= 0.3 is 0 Å². The number of ether oxygens (including phenoxy) is 1. The molecule has 6 heteroatoms. The van der Waals surface area contributed by atoms with Gasteiger partial charge in [0.2, 0.25) is 0 Å². The van der Waals surface area contributed by atoms with Crippen LogP contribution in [0.1, 0.15) is 11.6 Å². The summed E-state index contributed by atoms with van der Waals surface area (Å²) in [7, 11) is 0. The van der Waals surface area contributed by atoms with Gasteiger partial charge in [-0.05, 0) is 6.07 Å². The number of guanidine groups is 1. The van der Waals surface area contributed by atoms with Crippen molar-refractivity contribution in [3.8, 4) is 5.75 Å². The summed E-state index contributed by atoms with van der Waals surface area (Å²) in [6, 6.07) is 8.10. The SMILES string of the molecule is I.NC(=NC1COc2ccccc21)N1CCSCC1. The van der Waals surface area contributed by atoms with Crippen molar-refractivity contribution in [2.75, 3.05) is 31.2 Å². The first-order valence-electron chi connectivity index (χ1n) is 6.22. The Morgan fingerprint density at radius 3 is 2.84 bits per heavy atom. The molecule has 3 rings (SSSR count). The van der Waals surface area contributed by atoms with Gasteiger partial charge in [0.25, 0.3) is 0 Å². The van der Waals surface area contributed by atoms with Gasteiger partial charge in [-0.1, -0.05) is 18.2 Å². The van der Waals surface area contributed by atoms with Crippen molar-refractivity contribution in [1.82, 2.24) is 4.90 Å². The number of hydrogen-bond donors (Lipinski definition) is 1. The van der Waals surface area contributed by atoms with Gasteiger partial charge < -0.3 is 15.4 Å². The third-order valence-electron chi connectivity index (χ3n) is 3.30. The van der Waals surface area contributed by atoms with Crippen molar-refractivity contribution in [2.45, 2.75) is 6.04 Å². The summed E-state index contributed by atoms with van der Waals surface area (Å²) < 4.78 is 5.61. The third-order valence-corrected chi connectivity index (χ3v) is 4.24. The quantitative estimate of drug-likeness (QED) is 0.453. The summed E-state index contributed by atoms with van der Waals surface area (Å²) in [4.78, 5) is 6.79. The molecule has 0 aromatic heterocycles. The summed E-state index contributed by atoms with van der Waals surface area (Å²) in [5.74, 6) is 3.86. The maximum absolute atomic E-state index is 6.10. The van der Waals surface area contributed by atoms with Crippen LogP contribution in [0.2, 0.25) is 0 Å². The summed E-state index contributed by atoms with van der Waals surface area (Å²) in [5, 5.41) is 0. The molecule has 2 aliphatic heterocycles. The highest BCUT2D eigenvalue weighted by Crippen LogP contribution is 2.34. The van der Waals surface area contributed by atoms with Gasteiger partial charge in [-0.25, -0.2) is 4.99 Å². The highest BCUT2D eigenvalue weighted by Gasteiger charge is 2.24. The van der Waals surface area contributed by atoms with Gasteiger partial charge in [-0.3, -0.25) is 0 Å². The smallest absolute Gasteiger partial charge is 0.192 e. The molecule has 0 radical (unpaired) electrons. The second-order valence-electron chi connectivity index (χ2n) is 4.45. The van der Waals surface area contributed by atoms with Gasteiger partial charge in [0, 0.05) is 30.2 Å². The topological polar surface area (TPSA) is 50.9 Å². The number of aliphatic imine (C=N–C) groups is 1. The Balaban J connectivity index is 0.00000133. The zero-order chi connectivity index (χ0) is 12.4. The molecule has 4 nitrogen and oxygen atoms in total. The molecule has 2 heterocycles. The van der Waals surface area contributed by atoms with Crippen molar-refractivity contribution >= 4 is 41.7 Å². The van der Waals surface area contributed by atoms with Crippen LogP contribution in [0.3, 0.4) is 0 Å². The van der Waals surface area contributed by atoms with Crippen molar-refractivity contribution in [3.05, 3.63) is 29.8 Å². The number of nitrogens with two attached hydrogens (primary N) is 1. The van der Waals surface area contributed by atoms with Gasteiger partial charge in [-0.2, -0.15) is 11.8 Å². The summed E-state index contributed by atoms with van der Waals surface area (Å²) in [5.41, 5.74) is 7.24. The van der Waals surface area contributed by atoms with Crippen LogP contribution in [0.5, 0.6) is 5.75 Å². The van der Waals surface area contributed by atoms with Crippen LogP contribution in [0.4, 0.5) is 0 Å². The van der Waals surface area contributed by atoms with Crippen LogP contribution in [-0.2, 0) is 0 Å². The second-order valence-corrected chi connectivity index (χ2v) is 5.68. The zero-order valence-corrected chi connectivity index (χ0v) is 13.8. The van der Waals surface area contributed by atoms with E-state index in [9.17, 15) is 0 Å². The lowest BCUT2D eigenvalue weighted by Crippen LogP contribution is -2.42. The second kappa shape index (κ2) is 6.69. The van der Waals surface area contributed by atoms with Gasteiger partial charge in [-0.15, -0.1) is 24.0 Å². The average molecular weight is 391 g/mol. The third kappa shape index (κ3) is 3.28. The fraction of sp³-hybridized carbons (Fsp3) is 0.462. The van der Waals surface area contributed by atoms with Gasteiger partial charge in [0.15, 0.2) is 5.96 Å². The Kier molecular flexibility index (Phi) is 5.20. The zero-order valence-electron chi connectivity index (χ0n) is 10.6. The van der Waals surface area contributed by atoms with Crippen LogP contribution >= 0.6 is 35.7 Å². The van der Waals surface area contributed by atoms with E-state index in [0.717, 1.165) is 35.9 Å².